The standard InChI is InChI=1S/C15H27N/c1-5-6-9-14(16-4)15(12-13(2)3)10-7-8-11-15/h13-14,16H,7-12H2,1-4H3. The van der Waals surface area contributed by atoms with E-state index in [1.54, 1.807) is 0 Å². The normalized spacial score (nSPS) is 20.6. The zero-order valence-electron chi connectivity index (χ0n) is 11.4. The highest BCUT2D eigenvalue weighted by molar-refractivity contribution is 5.04. The molecule has 0 aromatic carbocycles. The average molecular weight is 221 g/mol. The fraction of sp³-hybridized carbons (Fsp3) is 0.867. The average Bonchev–Trinajstić information content (AvgIpc) is 2.67. The van der Waals surface area contributed by atoms with Crippen LogP contribution in [0.3, 0.4) is 0 Å². The molecule has 1 N–H and O–H groups in total. The molecule has 0 aromatic rings. The van der Waals surface area contributed by atoms with Crippen LogP contribution in [-0.2, 0) is 0 Å². The van der Waals surface area contributed by atoms with Crippen LogP contribution in [0.5, 0.6) is 0 Å². The minimum absolute atomic E-state index is 0.521. The fourth-order valence-electron chi connectivity index (χ4n) is 3.42. The Balaban J connectivity index is 2.75. The van der Waals surface area contributed by atoms with Crippen LogP contribution in [0.15, 0.2) is 0 Å². The van der Waals surface area contributed by atoms with E-state index in [1.165, 1.54) is 32.1 Å². The first-order valence-electron chi connectivity index (χ1n) is 6.71. The van der Waals surface area contributed by atoms with Crippen molar-refractivity contribution in [2.24, 2.45) is 11.3 Å². The molecule has 1 atom stereocenters. The molecular formula is C15H27N. The Labute approximate surface area is 101 Å². The second-order valence-corrected chi connectivity index (χ2v) is 5.64. The van der Waals surface area contributed by atoms with Crippen molar-refractivity contribution in [3.8, 4) is 11.8 Å². The predicted molar refractivity (Wildman–Crippen MR) is 71.3 cm³/mol. The third-order valence-electron chi connectivity index (χ3n) is 3.98. The van der Waals surface area contributed by atoms with Gasteiger partial charge < -0.3 is 5.32 Å². The zero-order chi connectivity index (χ0) is 12.0. The number of nitrogens with one attached hydrogen (secondary N) is 1. The van der Waals surface area contributed by atoms with E-state index in [2.05, 4.69) is 38.1 Å². The lowest BCUT2D eigenvalue weighted by atomic mass is 9.71. The highest BCUT2D eigenvalue weighted by atomic mass is 14.9. The summed E-state index contributed by atoms with van der Waals surface area (Å²) in [6.07, 6.45) is 7.96. The molecule has 0 aromatic heterocycles. The molecular weight excluding hydrogens is 194 g/mol. The van der Waals surface area contributed by atoms with E-state index in [4.69, 9.17) is 0 Å². The first-order valence-corrected chi connectivity index (χ1v) is 6.71. The van der Waals surface area contributed by atoms with Crippen LogP contribution in [0, 0.1) is 23.2 Å². The van der Waals surface area contributed by atoms with Crippen LogP contribution in [-0.4, -0.2) is 13.1 Å². The van der Waals surface area contributed by atoms with Gasteiger partial charge in [-0.05, 0) is 44.6 Å². The van der Waals surface area contributed by atoms with E-state index >= 15 is 0 Å². The third kappa shape index (κ3) is 3.25. The quantitative estimate of drug-likeness (QED) is 0.700. The van der Waals surface area contributed by atoms with Gasteiger partial charge in [0.1, 0.15) is 0 Å². The van der Waals surface area contributed by atoms with Gasteiger partial charge in [-0.25, -0.2) is 0 Å². The Morgan fingerprint density at radius 2 is 1.88 bits per heavy atom. The SMILES string of the molecule is CC#CCC(NC)C1(CC(C)C)CCCC1. The summed E-state index contributed by atoms with van der Waals surface area (Å²) in [4.78, 5) is 0. The van der Waals surface area contributed by atoms with Gasteiger partial charge in [0.2, 0.25) is 0 Å². The van der Waals surface area contributed by atoms with Crippen LogP contribution in [0.1, 0.15) is 59.3 Å². The summed E-state index contributed by atoms with van der Waals surface area (Å²) < 4.78 is 0. The summed E-state index contributed by atoms with van der Waals surface area (Å²) in [5.41, 5.74) is 0.521. The molecule has 0 amide bonds. The summed E-state index contributed by atoms with van der Waals surface area (Å²) in [5, 5.41) is 3.52. The second kappa shape index (κ2) is 6.30. The van der Waals surface area contributed by atoms with E-state index in [0.29, 0.717) is 11.5 Å². The van der Waals surface area contributed by atoms with E-state index in [0.717, 1.165) is 12.3 Å². The molecule has 0 spiro atoms. The van der Waals surface area contributed by atoms with Crippen molar-refractivity contribution >= 4 is 0 Å². The molecule has 1 saturated carbocycles. The van der Waals surface area contributed by atoms with Gasteiger partial charge in [-0.3, -0.25) is 0 Å². The lowest BCUT2D eigenvalue weighted by Crippen LogP contribution is -2.42. The van der Waals surface area contributed by atoms with Crippen molar-refractivity contribution in [1.29, 1.82) is 0 Å². The van der Waals surface area contributed by atoms with E-state index < -0.39 is 0 Å². The zero-order valence-corrected chi connectivity index (χ0v) is 11.4. The van der Waals surface area contributed by atoms with Gasteiger partial charge in [0.05, 0.1) is 0 Å². The Bertz CT molecular complexity index is 250. The van der Waals surface area contributed by atoms with E-state index in [1.807, 2.05) is 6.92 Å². The molecule has 92 valence electrons. The molecule has 1 nitrogen and oxygen atoms in total. The monoisotopic (exact) mass is 221 g/mol. The maximum absolute atomic E-state index is 3.52. The molecule has 1 rings (SSSR count). The van der Waals surface area contributed by atoms with Crippen molar-refractivity contribution in [2.45, 2.75) is 65.3 Å². The van der Waals surface area contributed by atoms with Gasteiger partial charge in [0.25, 0.3) is 0 Å². The molecule has 0 radical (unpaired) electrons. The molecule has 0 aliphatic heterocycles. The minimum atomic E-state index is 0.521. The largest absolute Gasteiger partial charge is 0.315 e. The number of hydrogen-bond acceptors (Lipinski definition) is 1. The summed E-state index contributed by atoms with van der Waals surface area (Å²) in [6, 6.07) is 0.588. The first-order chi connectivity index (χ1) is 7.64. The van der Waals surface area contributed by atoms with Gasteiger partial charge >= 0.3 is 0 Å². The Kier molecular flexibility index (Phi) is 5.35. The lowest BCUT2D eigenvalue weighted by molar-refractivity contribution is 0.163. The summed E-state index contributed by atoms with van der Waals surface area (Å²) >= 11 is 0. The van der Waals surface area contributed by atoms with E-state index in [9.17, 15) is 0 Å². The van der Waals surface area contributed by atoms with Crippen molar-refractivity contribution in [1.82, 2.24) is 5.32 Å². The van der Waals surface area contributed by atoms with Gasteiger partial charge in [0.15, 0.2) is 0 Å². The minimum Gasteiger partial charge on any atom is -0.315 e. The molecule has 1 unspecified atom stereocenters. The van der Waals surface area contributed by atoms with Crippen molar-refractivity contribution in [3.63, 3.8) is 0 Å². The van der Waals surface area contributed by atoms with Crippen molar-refractivity contribution in [3.05, 3.63) is 0 Å². The van der Waals surface area contributed by atoms with Crippen LogP contribution in [0.2, 0.25) is 0 Å². The molecule has 1 aliphatic carbocycles. The molecule has 1 fully saturated rings. The maximum Gasteiger partial charge on any atom is 0.0248 e. The second-order valence-electron chi connectivity index (χ2n) is 5.64. The number of rotatable bonds is 5. The van der Waals surface area contributed by atoms with Crippen LogP contribution < -0.4 is 5.32 Å². The van der Waals surface area contributed by atoms with Crippen molar-refractivity contribution < 1.29 is 0 Å². The summed E-state index contributed by atoms with van der Waals surface area (Å²) in [5.74, 6) is 7.09. The van der Waals surface area contributed by atoms with Crippen LogP contribution in [0.25, 0.3) is 0 Å². The fourth-order valence-corrected chi connectivity index (χ4v) is 3.42. The topological polar surface area (TPSA) is 12.0 Å². The summed E-state index contributed by atoms with van der Waals surface area (Å²) in [7, 11) is 2.10. The maximum atomic E-state index is 3.52. The third-order valence-corrected chi connectivity index (χ3v) is 3.98. The van der Waals surface area contributed by atoms with Crippen LogP contribution >= 0.6 is 0 Å². The van der Waals surface area contributed by atoms with Crippen LogP contribution in [0.4, 0.5) is 0 Å². The molecule has 0 heterocycles. The molecule has 1 aliphatic rings. The highest BCUT2D eigenvalue weighted by Crippen LogP contribution is 2.46. The number of hydrogen-bond donors (Lipinski definition) is 1. The van der Waals surface area contributed by atoms with Gasteiger partial charge in [-0.1, -0.05) is 26.7 Å². The lowest BCUT2D eigenvalue weighted by Gasteiger charge is -2.38. The Morgan fingerprint density at radius 1 is 1.25 bits per heavy atom. The van der Waals surface area contributed by atoms with Crippen molar-refractivity contribution in [2.75, 3.05) is 7.05 Å². The van der Waals surface area contributed by atoms with Gasteiger partial charge in [0, 0.05) is 12.5 Å². The Hall–Kier alpha value is -0.480. The first kappa shape index (κ1) is 13.6. The molecule has 16 heavy (non-hydrogen) atoms. The van der Waals surface area contributed by atoms with Gasteiger partial charge in [-0.15, -0.1) is 11.8 Å². The van der Waals surface area contributed by atoms with Gasteiger partial charge in [-0.2, -0.15) is 0 Å². The smallest absolute Gasteiger partial charge is 0.0248 e. The summed E-state index contributed by atoms with van der Waals surface area (Å²) in [6.45, 7) is 6.63. The van der Waals surface area contributed by atoms with E-state index in [-0.39, 0.29) is 0 Å². The predicted octanol–water partition coefficient (Wildman–Crippen LogP) is 3.59. The molecule has 0 bridgehead atoms. The molecule has 1 heteroatoms. The molecule has 0 saturated heterocycles. The highest BCUT2D eigenvalue weighted by Gasteiger charge is 2.40. The Morgan fingerprint density at radius 3 is 2.31 bits per heavy atom.